The highest BCUT2D eigenvalue weighted by Crippen LogP contribution is 2.15. The normalized spacial score (nSPS) is 10.4. The van der Waals surface area contributed by atoms with Crippen LogP contribution < -0.4 is 5.63 Å². The van der Waals surface area contributed by atoms with Gasteiger partial charge in [0.15, 0.2) is 0 Å². The molecule has 0 saturated heterocycles. The summed E-state index contributed by atoms with van der Waals surface area (Å²) in [6.07, 6.45) is 3.94. The molecule has 0 amide bonds. The van der Waals surface area contributed by atoms with Crippen molar-refractivity contribution < 1.29 is 9.52 Å². The second-order valence-electron chi connectivity index (χ2n) is 3.47. The van der Waals surface area contributed by atoms with Gasteiger partial charge in [-0.15, -0.1) is 0 Å². The van der Waals surface area contributed by atoms with Crippen LogP contribution >= 0.6 is 0 Å². The molecule has 78 valence electrons. The maximum atomic E-state index is 11.2. The first-order valence-corrected chi connectivity index (χ1v) is 4.97. The molecular weight excluding hydrogens is 180 g/mol. The quantitative estimate of drug-likeness (QED) is 0.752. The average Bonchev–Trinajstić information content (AvgIpc) is 2.14. The summed E-state index contributed by atoms with van der Waals surface area (Å²) in [6, 6.07) is 1.53. The highest BCUT2D eigenvalue weighted by Gasteiger charge is 2.05. The third kappa shape index (κ3) is 2.62. The van der Waals surface area contributed by atoms with Crippen LogP contribution in [-0.4, -0.2) is 5.11 Å². The lowest BCUT2D eigenvalue weighted by atomic mass is 10.1. The second kappa shape index (κ2) is 4.84. The van der Waals surface area contributed by atoms with Crippen LogP contribution in [0.25, 0.3) is 0 Å². The maximum absolute atomic E-state index is 11.2. The van der Waals surface area contributed by atoms with Gasteiger partial charge in [0.05, 0.1) is 5.56 Å². The van der Waals surface area contributed by atoms with E-state index >= 15 is 0 Å². The predicted octanol–water partition coefficient (Wildman–Crippen LogP) is 2.39. The summed E-state index contributed by atoms with van der Waals surface area (Å²) in [6.45, 7) is 3.67. The van der Waals surface area contributed by atoms with Crippen LogP contribution in [0, 0.1) is 6.92 Å². The summed E-state index contributed by atoms with van der Waals surface area (Å²) in [5.41, 5.74) is -0.152. The van der Waals surface area contributed by atoms with E-state index in [-0.39, 0.29) is 11.3 Å². The van der Waals surface area contributed by atoms with Crippen molar-refractivity contribution in [3.8, 4) is 5.75 Å². The first kappa shape index (κ1) is 10.8. The van der Waals surface area contributed by atoms with E-state index in [4.69, 9.17) is 4.42 Å². The van der Waals surface area contributed by atoms with E-state index in [0.717, 1.165) is 25.7 Å². The predicted molar refractivity (Wildman–Crippen MR) is 54.6 cm³/mol. The van der Waals surface area contributed by atoms with Crippen molar-refractivity contribution in [2.24, 2.45) is 0 Å². The molecule has 0 fully saturated rings. The molecule has 0 aliphatic rings. The molecule has 0 atom stereocenters. The highest BCUT2D eigenvalue weighted by atomic mass is 16.4. The molecule has 0 aliphatic carbocycles. The van der Waals surface area contributed by atoms with Crippen LogP contribution in [0.15, 0.2) is 15.3 Å². The Morgan fingerprint density at radius 3 is 2.71 bits per heavy atom. The van der Waals surface area contributed by atoms with E-state index in [1.54, 1.807) is 6.92 Å². The minimum Gasteiger partial charge on any atom is -0.507 e. The van der Waals surface area contributed by atoms with Crippen molar-refractivity contribution in [2.75, 3.05) is 0 Å². The molecule has 0 bridgehead atoms. The molecule has 0 radical (unpaired) electrons. The summed E-state index contributed by atoms with van der Waals surface area (Å²) < 4.78 is 5.02. The molecule has 3 heteroatoms. The van der Waals surface area contributed by atoms with Crippen LogP contribution in [0.2, 0.25) is 0 Å². The molecule has 0 aromatic carbocycles. The first-order valence-electron chi connectivity index (χ1n) is 4.97. The lowest BCUT2D eigenvalue weighted by Crippen LogP contribution is -2.05. The van der Waals surface area contributed by atoms with Crippen molar-refractivity contribution in [2.45, 2.75) is 39.5 Å². The summed E-state index contributed by atoms with van der Waals surface area (Å²) in [7, 11) is 0. The van der Waals surface area contributed by atoms with Gasteiger partial charge in [-0.25, -0.2) is 4.79 Å². The largest absolute Gasteiger partial charge is 0.507 e. The van der Waals surface area contributed by atoms with Gasteiger partial charge in [-0.1, -0.05) is 19.8 Å². The van der Waals surface area contributed by atoms with Crippen molar-refractivity contribution in [1.29, 1.82) is 0 Å². The lowest BCUT2D eigenvalue weighted by molar-refractivity contribution is 0.412. The smallest absolute Gasteiger partial charge is 0.342 e. The van der Waals surface area contributed by atoms with Gasteiger partial charge >= 0.3 is 5.63 Å². The number of rotatable bonds is 4. The Kier molecular flexibility index (Phi) is 3.74. The fourth-order valence-corrected chi connectivity index (χ4v) is 1.26. The van der Waals surface area contributed by atoms with Crippen molar-refractivity contribution >= 4 is 0 Å². The Hall–Kier alpha value is -1.25. The molecule has 1 N–H and O–H groups in total. The molecule has 0 aliphatic heterocycles. The second-order valence-corrected chi connectivity index (χ2v) is 3.47. The number of hydrogen-bond donors (Lipinski definition) is 1. The Labute approximate surface area is 83.4 Å². The van der Waals surface area contributed by atoms with Crippen LogP contribution in [0.1, 0.15) is 37.5 Å². The SMILES string of the molecule is CCCCCc1cc(O)c(C)c(=O)o1. The third-order valence-corrected chi connectivity index (χ3v) is 2.24. The van der Waals surface area contributed by atoms with Gasteiger partial charge < -0.3 is 9.52 Å². The molecule has 0 saturated carbocycles. The topological polar surface area (TPSA) is 50.4 Å². The number of aryl methyl sites for hydroxylation is 1. The fourth-order valence-electron chi connectivity index (χ4n) is 1.26. The van der Waals surface area contributed by atoms with E-state index in [0.29, 0.717) is 5.76 Å². The van der Waals surface area contributed by atoms with Crippen molar-refractivity contribution in [3.63, 3.8) is 0 Å². The van der Waals surface area contributed by atoms with E-state index in [1.807, 2.05) is 0 Å². The maximum Gasteiger partial charge on any atom is 0.342 e. The number of aromatic hydroxyl groups is 1. The van der Waals surface area contributed by atoms with Crippen LogP contribution in [0.3, 0.4) is 0 Å². The Morgan fingerprint density at radius 2 is 2.14 bits per heavy atom. The van der Waals surface area contributed by atoms with Gasteiger partial charge in [-0.3, -0.25) is 0 Å². The lowest BCUT2D eigenvalue weighted by Gasteiger charge is -2.01. The van der Waals surface area contributed by atoms with Gasteiger partial charge in [0.1, 0.15) is 11.5 Å². The van der Waals surface area contributed by atoms with Crippen LogP contribution in [0.5, 0.6) is 5.75 Å². The van der Waals surface area contributed by atoms with Gasteiger partial charge in [-0.2, -0.15) is 0 Å². The zero-order chi connectivity index (χ0) is 10.6. The third-order valence-electron chi connectivity index (χ3n) is 2.24. The zero-order valence-corrected chi connectivity index (χ0v) is 8.67. The molecule has 0 spiro atoms. The molecule has 1 aromatic heterocycles. The van der Waals surface area contributed by atoms with Gasteiger partial charge in [0.25, 0.3) is 0 Å². The standard InChI is InChI=1S/C11H16O3/c1-3-4-5-6-9-7-10(12)8(2)11(13)14-9/h7,12H,3-6H2,1-2H3. The number of unbranched alkanes of at least 4 members (excludes halogenated alkanes) is 2. The Morgan fingerprint density at radius 1 is 1.43 bits per heavy atom. The summed E-state index contributed by atoms with van der Waals surface area (Å²) >= 11 is 0. The minimum atomic E-state index is -0.434. The van der Waals surface area contributed by atoms with Gasteiger partial charge in [0.2, 0.25) is 0 Å². The minimum absolute atomic E-state index is 0.0350. The molecule has 1 rings (SSSR count). The molecule has 0 unspecified atom stereocenters. The zero-order valence-electron chi connectivity index (χ0n) is 8.67. The van der Waals surface area contributed by atoms with Crippen molar-refractivity contribution in [3.05, 3.63) is 27.8 Å². The highest BCUT2D eigenvalue weighted by molar-refractivity contribution is 5.28. The van der Waals surface area contributed by atoms with Gasteiger partial charge in [-0.05, 0) is 13.3 Å². The molecule has 3 nitrogen and oxygen atoms in total. The first-order chi connectivity index (χ1) is 6.65. The summed E-state index contributed by atoms with van der Waals surface area (Å²) in [4.78, 5) is 11.2. The molecule has 1 heterocycles. The Bertz CT molecular complexity index is 352. The van der Waals surface area contributed by atoms with E-state index in [2.05, 4.69) is 6.92 Å². The monoisotopic (exact) mass is 196 g/mol. The fraction of sp³-hybridized carbons (Fsp3) is 0.545. The van der Waals surface area contributed by atoms with E-state index < -0.39 is 5.63 Å². The van der Waals surface area contributed by atoms with Gasteiger partial charge in [0, 0.05) is 12.5 Å². The summed E-state index contributed by atoms with van der Waals surface area (Å²) in [5.74, 6) is 0.610. The molecular formula is C11H16O3. The number of hydrogen-bond acceptors (Lipinski definition) is 3. The van der Waals surface area contributed by atoms with Crippen LogP contribution in [-0.2, 0) is 6.42 Å². The average molecular weight is 196 g/mol. The van der Waals surface area contributed by atoms with Crippen LogP contribution in [0.4, 0.5) is 0 Å². The molecule has 14 heavy (non-hydrogen) atoms. The van der Waals surface area contributed by atoms with Crippen molar-refractivity contribution in [1.82, 2.24) is 0 Å². The van der Waals surface area contributed by atoms with E-state index in [1.165, 1.54) is 6.07 Å². The van der Waals surface area contributed by atoms with E-state index in [9.17, 15) is 9.90 Å². The Balaban J connectivity index is 2.75. The molecule has 1 aromatic rings. The summed E-state index contributed by atoms with van der Waals surface area (Å²) in [5, 5.41) is 9.38.